The number of amides is 1. The maximum Gasteiger partial charge on any atom is 0.226 e. The number of likely N-dealkylation sites (N-methyl/N-ethyl adjacent to an activating group) is 1. The van der Waals surface area contributed by atoms with Crippen molar-refractivity contribution in [1.82, 2.24) is 25.3 Å². The molecule has 0 radical (unpaired) electrons. The average Bonchev–Trinajstić information content (AvgIpc) is 3.03. The van der Waals surface area contributed by atoms with E-state index < -0.39 is 0 Å². The molecule has 0 bridgehead atoms. The molecule has 3 rings (SSSR count). The summed E-state index contributed by atoms with van der Waals surface area (Å²) < 4.78 is 0. The number of pyridine rings is 1. The molecule has 1 unspecified atom stereocenters. The van der Waals surface area contributed by atoms with Gasteiger partial charge in [-0.2, -0.15) is 15.4 Å². The lowest BCUT2D eigenvalue weighted by Crippen LogP contribution is -2.39. The number of aryl methyl sites for hydroxylation is 1. The summed E-state index contributed by atoms with van der Waals surface area (Å²) in [6.07, 6.45) is 6.86. The van der Waals surface area contributed by atoms with Crippen molar-refractivity contribution in [1.29, 1.82) is 0 Å². The Morgan fingerprint density at radius 3 is 2.86 bits per heavy atom. The van der Waals surface area contributed by atoms with Crippen LogP contribution in [0.25, 0.3) is 0 Å². The van der Waals surface area contributed by atoms with Crippen molar-refractivity contribution in [2.24, 2.45) is 5.92 Å². The highest BCUT2D eigenvalue weighted by atomic mass is 16.2. The number of carbonyl (C=O) groups is 1. The molecule has 22 heavy (non-hydrogen) atoms. The molecule has 0 saturated heterocycles. The Morgan fingerprint density at radius 1 is 1.32 bits per heavy atom. The Bertz CT molecular complexity index is 624. The molecular weight excluding hydrogens is 278 g/mol. The van der Waals surface area contributed by atoms with Crippen LogP contribution in [-0.4, -0.2) is 44.3 Å². The number of fused-ring (bicyclic) bond motifs is 1. The smallest absolute Gasteiger partial charge is 0.226 e. The zero-order valence-corrected chi connectivity index (χ0v) is 12.8. The van der Waals surface area contributed by atoms with Crippen LogP contribution in [0.4, 0.5) is 0 Å². The molecule has 1 aliphatic rings. The van der Waals surface area contributed by atoms with Gasteiger partial charge in [0.15, 0.2) is 0 Å². The van der Waals surface area contributed by atoms with Crippen LogP contribution < -0.4 is 0 Å². The van der Waals surface area contributed by atoms with Gasteiger partial charge in [0.05, 0.1) is 11.4 Å². The third-order valence-corrected chi connectivity index (χ3v) is 4.33. The van der Waals surface area contributed by atoms with Gasteiger partial charge in [-0.15, -0.1) is 0 Å². The number of nitrogens with one attached hydrogen (secondary N) is 1. The maximum absolute atomic E-state index is 12.7. The zero-order chi connectivity index (χ0) is 15.4. The second-order valence-corrected chi connectivity index (χ2v) is 5.68. The van der Waals surface area contributed by atoms with Gasteiger partial charge in [-0.1, -0.05) is 0 Å². The topological polar surface area (TPSA) is 74.8 Å². The van der Waals surface area contributed by atoms with Crippen molar-refractivity contribution in [2.45, 2.75) is 32.6 Å². The van der Waals surface area contributed by atoms with E-state index in [-0.39, 0.29) is 11.8 Å². The molecule has 2 aromatic rings. The van der Waals surface area contributed by atoms with Crippen LogP contribution in [0.1, 0.15) is 30.3 Å². The summed E-state index contributed by atoms with van der Waals surface area (Å²) >= 11 is 0. The van der Waals surface area contributed by atoms with E-state index in [2.05, 4.69) is 20.4 Å². The minimum atomic E-state index is 0.0370. The van der Waals surface area contributed by atoms with Crippen LogP contribution in [0.3, 0.4) is 0 Å². The zero-order valence-electron chi connectivity index (χ0n) is 12.8. The molecule has 6 heteroatoms. The number of hydrogen-bond donors (Lipinski definition) is 1. The van der Waals surface area contributed by atoms with Crippen LogP contribution in [0.15, 0.2) is 24.5 Å². The molecule has 0 aromatic carbocycles. The monoisotopic (exact) mass is 299 g/mol. The molecule has 1 N–H and O–H groups in total. The summed E-state index contributed by atoms with van der Waals surface area (Å²) in [4.78, 5) is 18.7. The van der Waals surface area contributed by atoms with Gasteiger partial charge in [-0.05, 0) is 43.9 Å². The third kappa shape index (κ3) is 3.16. The van der Waals surface area contributed by atoms with E-state index in [0.717, 1.165) is 43.7 Å². The molecule has 1 aliphatic carbocycles. The van der Waals surface area contributed by atoms with Gasteiger partial charge in [-0.3, -0.25) is 9.78 Å². The third-order valence-electron chi connectivity index (χ3n) is 4.33. The fourth-order valence-electron chi connectivity index (χ4n) is 2.99. The normalized spacial score (nSPS) is 17.0. The molecule has 0 saturated carbocycles. The van der Waals surface area contributed by atoms with Crippen LogP contribution in [0.2, 0.25) is 0 Å². The highest BCUT2D eigenvalue weighted by molar-refractivity contribution is 5.79. The van der Waals surface area contributed by atoms with Gasteiger partial charge in [0.1, 0.15) is 0 Å². The number of aromatic amines is 1. The van der Waals surface area contributed by atoms with E-state index in [0.29, 0.717) is 6.42 Å². The van der Waals surface area contributed by atoms with Crippen LogP contribution in [-0.2, 0) is 24.1 Å². The predicted molar refractivity (Wildman–Crippen MR) is 82.1 cm³/mol. The van der Waals surface area contributed by atoms with Gasteiger partial charge in [0.2, 0.25) is 5.91 Å². The van der Waals surface area contributed by atoms with Crippen molar-refractivity contribution in [2.75, 3.05) is 13.1 Å². The van der Waals surface area contributed by atoms with Crippen molar-refractivity contribution < 1.29 is 4.79 Å². The minimum absolute atomic E-state index is 0.0370. The first-order valence-corrected chi connectivity index (χ1v) is 7.84. The van der Waals surface area contributed by atoms with Crippen molar-refractivity contribution >= 4 is 5.91 Å². The molecule has 2 heterocycles. The summed E-state index contributed by atoms with van der Waals surface area (Å²) in [6, 6.07) is 4.00. The standard InChI is InChI=1S/C16H21N5O/c1-2-21(10-7-12-5-8-17-9-6-12)16(22)13-3-4-14-15(11-13)19-20-18-14/h5-6,8-9,13H,2-4,7,10-11H2,1H3,(H,18,19,20). The summed E-state index contributed by atoms with van der Waals surface area (Å²) in [5.41, 5.74) is 3.18. The van der Waals surface area contributed by atoms with Crippen LogP contribution in [0.5, 0.6) is 0 Å². The number of hydrogen-bond acceptors (Lipinski definition) is 4. The van der Waals surface area contributed by atoms with Gasteiger partial charge in [-0.25, -0.2) is 0 Å². The number of H-pyrrole nitrogens is 1. The van der Waals surface area contributed by atoms with Gasteiger partial charge in [0, 0.05) is 37.8 Å². The van der Waals surface area contributed by atoms with E-state index in [1.54, 1.807) is 12.4 Å². The Labute approximate surface area is 129 Å². The van der Waals surface area contributed by atoms with Gasteiger partial charge >= 0.3 is 0 Å². The van der Waals surface area contributed by atoms with E-state index in [1.807, 2.05) is 24.0 Å². The second kappa shape index (κ2) is 6.68. The van der Waals surface area contributed by atoms with Crippen molar-refractivity contribution in [3.8, 4) is 0 Å². The highest BCUT2D eigenvalue weighted by Crippen LogP contribution is 2.24. The molecule has 0 spiro atoms. The Morgan fingerprint density at radius 2 is 2.09 bits per heavy atom. The first kappa shape index (κ1) is 14.7. The lowest BCUT2D eigenvalue weighted by atomic mass is 9.88. The summed E-state index contributed by atoms with van der Waals surface area (Å²) in [6.45, 7) is 3.53. The Hall–Kier alpha value is -2.24. The fraction of sp³-hybridized carbons (Fsp3) is 0.500. The fourth-order valence-corrected chi connectivity index (χ4v) is 2.99. The average molecular weight is 299 g/mol. The molecule has 116 valence electrons. The minimum Gasteiger partial charge on any atom is -0.342 e. The Kier molecular flexibility index (Phi) is 4.46. The molecule has 2 aromatic heterocycles. The first-order chi connectivity index (χ1) is 10.8. The highest BCUT2D eigenvalue weighted by Gasteiger charge is 2.29. The number of carbonyl (C=O) groups excluding carboxylic acids is 1. The van der Waals surface area contributed by atoms with E-state index in [1.165, 1.54) is 5.56 Å². The van der Waals surface area contributed by atoms with Crippen LogP contribution >= 0.6 is 0 Å². The van der Waals surface area contributed by atoms with E-state index in [4.69, 9.17) is 0 Å². The molecule has 6 nitrogen and oxygen atoms in total. The molecule has 0 fully saturated rings. The summed E-state index contributed by atoms with van der Waals surface area (Å²) in [7, 11) is 0. The van der Waals surface area contributed by atoms with Gasteiger partial charge < -0.3 is 4.90 Å². The summed E-state index contributed by atoms with van der Waals surface area (Å²) in [5, 5.41) is 10.9. The number of nitrogens with zero attached hydrogens (tertiary/aromatic N) is 4. The maximum atomic E-state index is 12.7. The molecule has 1 amide bonds. The Balaban J connectivity index is 1.60. The van der Waals surface area contributed by atoms with Crippen molar-refractivity contribution in [3.63, 3.8) is 0 Å². The quantitative estimate of drug-likeness (QED) is 0.905. The van der Waals surface area contributed by atoms with Gasteiger partial charge in [0.25, 0.3) is 0 Å². The molecule has 1 atom stereocenters. The molecular formula is C16H21N5O. The van der Waals surface area contributed by atoms with Crippen LogP contribution in [0, 0.1) is 5.92 Å². The van der Waals surface area contributed by atoms with Crippen molar-refractivity contribution in [3.05, 3.63) is 41.5 Å². The number of aromatic nitrogens is 4. The number of rotatable bonds is 5. The lowest BCUT2D eigenvalue weighted by Gasteiger charge is -2.27. The molecule has 0 aliphatic heterocycles. The van der Waals surface area contributed by atoms with E-state index in [9.17, 15) is 4.79 Å². The summed E-state index contributed by atoms with van der Waals surface area (Å²) in [5.74, 6) is 0.278. The lowest BCUT2D eigenvalue weighted by molar-refractivity contribution is -0.135. The SMILES string of the molecule is CCN(CCc1ccncc1)C(=O)C1CCc2n[nH]nc2C1. The second-order valence-electron chi connectivity index (χ2n) is 5.68. The van der Waals surface area contributed by atoms with E-state index >= 15 is 0 Å². The largest absolute Gasteiger partial charge is 0.342 e. The first-order valence-electron chi connectivity index (χ1n) is 7.84. The predicted octanol–water partition coefficient (Wildman–Crippen LogP) is 1.40.